The lowest BCUT2D eigenvalue weighted by atomic mass is 10.7. The summed E-state index contributed by atoms with van der Waals surface area (Å²) in [6, 6.07) is 0. The number of imide groups is 1. The summed E-state index contributed by atoms with van der Waals surface area (Å²) >= 11 is 4.26. The highest BCUT2D eigenvalue weighted by Crippen LogP contribution is 2.00. The molecule has 0 aromatic carbocycles. The Bertz CT molecular complexity index is 129. The standard InChI is InChI=1S/C3H2NO3S/c5-2-1-7-3(6)4(2)8/h1H2/q-1. The van der Waals surface area contributed by atoms with Crippen LogP contribution in [-0.2, 0) is 22.3 Å². The monoisotopic (exact) mass is 132 g/mol. The quantitative estimate of drug-likeness (QED) is 0.414. The summed E-state index contributed by atoms with van der Waals surface area (Å²) in [5.74, 6) is -0.468. The van der Waals surface area contributed by atoms with Crippen molar-refractivity contribution in [2.45, 2.75) is 0 Å². The Balaban J connectivity index is 2.70. The van der Waals surface area contributed by atoms with Crippen molar-refractivity contribution in [2.24, 2.45) is 0 Å². The zero-order valence-corrected chi connectivity index (χ0v) is 4.60. The van der Waals surface area contributed by atoms with E-state index in [2.05, 4.69) is 17.6 Å². The maximum atomic E-state index is 10.3. The van der Waals surface area contributed by atoms with Gasteiger partial charge in [0.15, 0.2) is 6.61 Å². The van der Waals surface area contributed by atoms with E-state index in [1.165, 1.54) is 0 Å². The minimum Gasteiger partial charge on any atom is -0.652 e. The first-order valence-electron chi connectivity index (χ1n) is 1.88. The van der Waals surface area contributed by atoms with Gasteiger partial charge in [-0.05, 0) is 0 Å². The molecule has 4 nitrogen and oxygen atoms in total. The topological polar surface area (TPSA) is 46.6 Å². The Kier molecular flexibility index (Phi) is 1.13. The molecule has 44 valence electrons. The molecule has 0 spiro atoms. The van der Waals surface area contributed by atoms with Gasteiger partial charge in [-0.25, -0.2) is 4.79 Å². The van der Waals surface area contributed by atoms with Crippen LogP contribution in [0.4, 0.5) is 4.79 Å². The molecule has 8 heavy (non-hydrogen) atoms. The third-order valence-electron chi connectivity index (χ3n) is 0.711. The van der Waals surface area contributed by atoms with Crippen molar-refractivity contribution in [1.29, 1.82) is 0 Å². The summed E-state index contributed by atoms with van der Waals surface area (Å²) < 4.78 is 4.74. The van der Waals surface area contributed by atoms with Crippen LogP contribution in [0.5, 0.6) is 0 Å². The van der Waals surface area contributed by atoms with Crippen LogP contribution in [0.15, 0.2) is 0 Å². The number of carbonyl (C=O) groups excluding carboxylic acids is 2. The fraction of sp³-hybridized carbons (Fsp3) is 0.333. The third kappa shape index (κ3) is 0.645. The molecule has 1 saturated heterocycles. The number of amides is 2. The van der Waals surface area contributed by atoms with Gasteiger partial charge in [-0.15, -0.1) is 0 Å². The zero-order valence-electron chi connectivity index (χ0n) is 3.79. The molecule has 1 fully saturated rings. The van der Waals surface area contributed by atoms with Crippen LogP contribution in [-0.4, -0.2) is 22.9 Å². The first-order chi connectivity index (χ1) is 3.72. The van der Waals surface area contributed by atoms with E-state index in [9.17, 15) is 9.59 Å². The molecule has 0 saturated carbocycles. The van der Waals surface area contributed by atoms with E-state index in [1.54, 1.807) is 0 Å². The van der Waals surface area contributed by atoms with Gasteiger partial charge in [0.25, 0.3) is 0 Å². The Labute approximate surface area is 51.0 Å². The lowest BCUT2D eigenvalue weighted by Crippen LogP contribution is -2.21. The van der Waals surface area contributed by atoms with E-state index in [-0.39, 0.29) is 6.61 Å². The molecule has 1 heterocycles. The summed E-state index contributed by atoms with van der Waals surface area (Å²) in [7, 11) is 0. The second-order valence-electron chi connectivity index (χ2n) is 1.24. The predicted octanol–water partition coefficient (Wildman–Crippen LogP) is -0.573. The van der Waals surface area contributed by atoms with Crippen LogP contribution in [0.25, 0.3) is 0 Å². The van der Waals surface area contributed by atoms with Gasteiger partial charge in [0.2, 0.25) is 5.91 Å². The van der Waals surface area contributed by atoms with Crippen LogP contribution < -0.4 is 0 Å². The second kappa shape index (κ2) is 1.66. The van der Waals surface area contributed by atoms with Gasteiger partial charge in [0.05, 0.1) is 0 Å². The lowest BCUT2D eigenvalue weighted by molar-refractivity contribution is -0.122. The first-order valence-corrected chi connectivity index (χ1v) is 2.25. The number of nitrogens with zero attached hydrogens (tertiary/aromatic N) is 1. The van der Waals surface area contributed by atoms with E-state index in [1.807, 2.05) is 0 Å². The Hall–Kier alpha value is -0.710. The molecule has 1 aliphatic heterocycles. The molecule has 0 radical (unpaired) electrons. The van der Waals surface area contributed by atoms with E-state index in [4.69, 9.17) is 0 Å². The maximum Gasteiger partial charge on any atom is 0.394 e. The third-order valence-corrected chi connectivity index (χ3v) is 1.06. The summed E-state index contributed by atoms with van der Waals surface area (Å²) in [5, 5.41) is 0. The van der Waals surface area contributed by atoms with Crippen LogP contribution in [0.3, 0.4) is 0 Å². The van der Waals surface area contributed by atoms with Gasteiger partial charge in [0, 0.05) is 0 Å². The maximum absolute atomic E-state index is 10.3. The van der Waals surface area contributed by atoms with Gasteiger partial charge in [-0.1, -0.05) is 0 Å². The molecule has 1 rings (SSSR count). The summed E-state index contributed by atoms with van der Waals surface area (Å²) in [6.45, 7) is -0.206. The first kappa shape index (κ1) is 5.43. The molecule has 0 unspecified atom stereocenters. The molecule has 0 aliphatic carbocycles. The van der Waals surface area contributed by atoms with Crippen LogP contribution in [0.1, 0.15) is 0 Å². The SMILES string of the molecule is O=C1COC(=O)N1[S-]. The Morgan fingerprint density at radius 3 is 2.38 bits per heavy atom. The van der Waals surface area contributed by atoms with Gasteiger partial charge in [-0.3, -0.25) is 4.79 Å². The zero-order chi connectivity index (χ0) is 6.15. The van der Waals surface area contributed by atoms with Gasteiger partial charge in [0.1, 0.15) is 0 Å². The van der Waals surface area contributed by atoms with Crippen molar-refractivity contribution in [2.75, 3.05) is 6.61 Å². The summed E-state index contributed by atoms with van der Waals surface area (Å²) in [5.41, 5.74) is 0. The Morgan fingerprint density at radius 1 is 1.62 bits per heavy atom. The number of carbonyl (C=O) groups is 2. The van der Waals surface area contributed by atoms with Gasteiger partial charge < -0.3 is 21.9 Å². The summed E-state index contributed by atoms with van der Waals surface area (Å²) in [6.07, 6.45) is -0.745. The number of rotatable bonds is 0. The highest BCUT2D eigenvalue weighted by molar-refractivity contribution is 7.57. The van der Waals surface area contributed by atoms with E-state index < -0.39 is 12.0 Å². The molecule has 1 aliphatic rings. The molecular formula is C3H2NO3S-. The molecule has 5 heteroatoms. The van der Waals surface area contributed by atoms with E-state index >= 15 is 0 Å². The van der Waals surface area contributed by atoms with Gasteiger partial charge >= 0.3 is 6.09 Å². The van der Waals surface area contributed by atoms with E-state index in [0.717, 1.165) is 0 Å². The minimum atomic E-state index is -0.745. The number of cyclic esters (lactones) is 1. The average molecular weight is 132 g/mol. The predicted molar refractivity (Wildman–Crippen MR) is 25.6 cm³/mol. The highest BCUT2D eigenvalue weighted by Gasteiger charge is 2.20. The van der Waals surface area contributed by atoms with Crippen molar-refractivity contribution in [3.63, 3.8) is 0 Å². The molecule has 0 bridgehead atoms. The van der Waals surface area contributed by atoms with Crippen LogP contribution >= 0.6 is 0 Å². The number of hydrogen-bond acceptors (Lipinski definition) is 4. The molecule has 0 aromatic rings. The molecular weight excluding hydrogens is 130 g/mol. The van der Waals surface area contributed by atoms with Crippen LogP contribution in [0.2, 0.25) is 0 Å². The van der Waals surface area contributed by atoms with E-state index in [0.29, 0.717) is 4.31 Å². The van der Waals surface area contributed by atoms with Gasteiger partial charge in [-0.2, -0.15) is 0 Å². The number of hydrogen-bond donors (Lipinski definition) is 0. The highest BCUT2D eigenvalue weighted by atomic mass is 32.1. The fourth-order valence-corrected chi connectivity index (χ4v) is 0.448. The Morgan fingerprint density at radius 2 is 2.25 bits per heavy atom. The summed E-state index contributed by atoms with van der Waals surface area (Å²) in [4.78, 5) is 20.4. The lowest BCUT2D eigenvalue weighted by Gasteiger charge is -2.14. The smallest absolute Gasteiger partial charge is 0.394 e. The largest absolute Gasteiger partial charge is 0.652 e. The molecule has 0 atom stereocenters. The second-order valence-corrected chi connectivity index (χ2v) is 1.61. The number of ether oxygens (including phenoxy) is 1. The van der Waals surface area contributed by atoms with Crippen molar-refractivity contribution in [3.8, 4) is 0 Å². The molecule has 0 N–H and O–H groups in total. The van der Waals surface area contributed by atoms with Crippen LogP contribution in [0, 0.1) is 0 Å². The van der Waals surface area contributed by atoms with Crippen molar-refractivity contribution in [3.05, 3.63) is 0 Å². The fourth-order valence-electron chi connectivity index (χ4n) is 0.343. The van der Waals surface area contributed by atoms with Crippen molar-refractivity contribution >= 4 is 24.8 Å². The van der Waals surface area contributed by atoms with Crippen molar-refractivity contribution < 1.29 is 14.3 Å². The normalized spacial score (nSPS) is 19.4. The average Bonchev–Trinajstić information content (AvgIpc) is 1.98. The minimum absolute atomic E-state index is 0.206. The molecule has 0 aromatic heterocycles. The van der Waals surface area contributed by atoms with Crippen molar-refractivity contribution in [1.82, 2.24) is 4.31 Å². The molecule has 2 amide bonds.